The van der Waals surface area contributed by atoms with Crippen molar-refractivity contribution in [2.45, 2.75) is 12.5 Å². The Hall–Kier alpha value is -4.46. The molecule has 1 atom stereocenters. The summed E-state index contributed by atoms with van der Waals surface area (Å²) in [5, 5.41) is 6.88. The summed E-state index contributed by atoms with van der Waals surface area (Å²) in [6, 6.07) is 21.4. The summed E-state index contributed by atoms with van der Waals surface area (Å²) in [5.74, 6) is 0.584. The average molecular weight is 426 g/mol. The minimum atomic E-state index is -0.580. The van der Waals surface area contributed by atoms with Crippen LogP contribution in [0.5, 0.6) is 5.75 Å². The maximum Gasteiger partial charge on any atom is 0.265 e. The van der Waals surface area contributed by atoms with Crippen LogP contribution in [0.2, 0.25) is 0 Å². The van der Waals surface area contributed by atoms with E-state index in [9.17, 15) is 9.59 Å². The number of para-hydroxylation sites is 1. The zero-order chi connectivity index (χ0) is 22.1. The van der Waals surface area contributed by atoms with Gasteiger partial charge in [-0.1, -0.05) is 41.6 Å². The van der Waals surface area contributed by atoms with Crippen molar-refractivity contribution in [2.75, 3.05) is 5.32 Å². The molecule has 0 fully saturated rings. The van der Waals surface area contributed by atoms with Crippen molar-refractivity contribution >= 4 is 17.5 Å². The number of ether oxygens (including phenoxy) is 1. The number of nitrogens with two attached hydrogens (primary N) is 1. The van der Waals surface area contributed by atoms with Crippen molar-refractivity contribution in [3.8, 4) is 28.6 Å². The van der Waals surface area contributed by atoms with Gasteiger partial charge in [-0.25, -0.2) is 0 Å². The van der Waals surface area contributed by atoms with E-state index in [1.807, 2.05) is 24.3 Å². The number of aromatic nitrogens is 2. The second-order valence-electron chi connectivity index (χ2n) is 7.36. The van der Waals surface area contributed by atoms with Crippen molar-refractivity contribution in [3.63, 3.8) is 0 Å². The molecule has 3 aromatic carbocycles. The monoisotopic (exact) mass is 426 g/mol. The Morgan fingerprint density at radius 1 is 0.969 bits per heavy atom. The lowest BCUT2D eigenvalue weighted by atomic mass is 10.1. The molecule has 1 unspecified atom stereocenters. The molecule has 1 aromatic heterocycles. The molecule has 2 heterocycles. The summed E-state index contributed by atoms with van der Waals surface area (Å²) in [6.45, 7) is 0. The van der Waals surface area contributed by atoms with Gasteiger partial charge in [-0.05, 0) is 42.0 Å². The molecule has 3 N–H and O–H groups in total. The average Bonchev–Trinajstić information content (AvgIpc) is 3.47. The zero-order valence-electron chi connectivity index (χ0n) is 16.8. The number of carbonyl (C=O) groups excluding carboxylic acids is 2. The highest BCUT2D eigenvalue weighted by atomic mass is 16.5. The zero-order valence-corrected chi connectivity index (χ0v) is 16.8. The van der Waals surface area contributed by atoms with E-state index in [4.69, 9.17) is 15.0 Å². The third-order valence-corrected chi connectivity index (χ3v) is 5.15. The molecule has 0 saturated carbocycles. The quantitative estimate of drug-likeness (QED) is 0.504. The Morgan fingerprint density at radius 2 is 1.78 bits per heavy atom. The second-order valence-corrected chi connectivity index (χ2v) is 7.36. The number of fused-ring (bicyclic) bond motifs is 1. The minimum absolute atomic E-state index is 0.229. The number of rotatable bonds is 5. The molecule has 158 valence electrons. The maximum absolute atomic E-state index is 12.7. The van der Waals surface area contributed by atoms with Gasteiger partial charge in [0, 0.05) is 28.8 Å². The summed E-state index contributed by atoms with van der Waals surface area (Å²) in [5.41, 5.74) is 8.54. The van der Waals surface area contributed by atoms with E-state index in [-0.39, 0.29) is 11.8 Å². The first-order valence-corrected chi connectivity index (χ1v) is 9.96. The van der Waals surface area contributed by atoms with Crippen LogP contribution < -0.4 is 15.8 Å². The highest BCUT2D eigenvalue weighted by Gasteiger charge is 2.28. The fourth-order valence-corrected chi connectivity index (χ4v) is 3.55. The molecule has 0 bridgehead atoms. The molecular weight excluding hydrogens is 408 g/mol. The molecule has 4 aromatic rings. The minimum Gasteiger partial charge on any atom is -0.480 e. The van der Waals surface area contributed by atoms with Crippen LogP contribution >= 0.6 is 0 Å². The topological polar surface area (TPSA) is 120 Å². The van der Waals surface area contributed by atoms with Crippen LogP contribution in [-0.2, 0) is 11.2 Å². The van der Waals surface area contributed by atoms with E-state index in [0.29, 0.717) is 34.6 Å². The highest BCUT2D eigenvalue weighted by Crippen LogP contribution is 2.29. The number of nitrogens with one attached hydrogen (secondary N) is 1. The van der Waals surface area contributed by atoms with Crippen molar-refractivity contribution in [1.82, 2.24) is 10.1 Å². The van der Waals surface area contributed by atoms with Crippen molar-refractivity contribution in [3.05, 3.63) is 83.9 Å². The lowest BCUT2D eigenvalue weighted by Gasteiger charge is -2.11. The molecule has 0 saturated heterocycles. The SMILES string of the molecule is NC(=O)c1cccc(-c2noc(-c3cccc(NC(=O)C4Cc5ccccc5O4)c3)n2)c1. The number of benzene rings is 3. The van der Waals surface area contributed by atoms with Gasteiger partial charge in [-0.15, -0.1) is 0 Å². The number of hydrogen-bond acceptors (Lipinski definition) is 6. The Labute approximate surface area is 183 Å². The molecule has 32 heavy (non-hydrogen) atoms. The van der Waals surface area contributed by atoms with Crippen LogP contribution in [0.15, 0.2) is 77.3 Å². The molecule has 2 amide bonds. The van der Waals surface area contributed by atoms with Gasteiger partial charge >= 0.3 is 0 Å². The van der Waals surface area contributed by atoms with Gasteiger partial charge < -0.3 is 20.3 Å². The van der Waals surface area contributed by atoms with Crippen LogP contribution in [0.25, 0.3) is 22.8 Å². The van der Waals surface area contributed by atoms with Gasteiger partial charge in [0.05, 0.1) is 0 Å². The fourth-order valence-electron chi connectivity index (χ4n) is 3.55. The van der Waals surface area contributed by atoms with E-state index < -0.39 is 12.0 Å². The van der Waals surface area contributed by atoms with E-state index in [1.165, 1.54) is 0 Å². The van der Waals surface area contributed by atoms with Gasteiger partial charge in [0.15, 0.2) is 6.10 Å². The van der Waals surface area contributed by atoms with Gasteiger partial charge in [0.25, 0.3) is 11.8 Å². The standard InChI is InChI=1S/C24H18N4O4/c25-21(29)15-6-3-7-16(11-15)22-27-24(32-28-22)17-8-4-9-18(12-17)26-23(30)20-13-14-5-1-2-10-19(14)31-20/h1-12,20H,13H2,(H2,25,29)(H,26,30). The second kappa shape index (κ2) is 7.99. The third kappa shape index (κ3) is 3.81. The first-order valence-electron chi connectivity index (χ1n) is 9.96. The van der Waals surface area contributed by atoms with E-state index >= 15 is 0 Å². The summed E-state index contributed by atoms with van der Waals surface area (Å²) < 4.78 is 11.1. The van der Waals surface area contributed by atoms with Crippen LogP contribution in [0.1, 0.15) is 15.9 Å². The van der Waals surface area contributed by atoms with Crippen LogP contribution in [0, 0.1) is 0 Å². The van der Waals surface area contributed by atoms with Gasteiger partial charge in [-0.3, -0.25) is 9.59 Å². The molecule has 8 nitrogen and oxygen atoms in total. The summed E-state index contributed by atoms with van der Waals surface area (Å²) >= 11 is 0. The predicted molar refractivity (Wildman–Crippen MR) is 117 cm³/mol. The number of amides is 2. The lowest BCUT2D eigenvalue weighted by Crippen LogP contribution is -2.31. The Kier molecular flexibility index (Phi) is 4.87. The van der Waals surface area contributed by atoms with Gasteiger partial charge in [-0.2, -0.15) is 4.98 Å². The summed E-state index contributed by atoms with van der Waals surface area (Å²) in [4.78, 5) is 28.5. The maximum atomic E-state index is 12.7. The normalized spacial score (nSPS) is 14.4. The number of anilines is 1. The molecule has 1 aliphatic heterocycles. The lowest BCUT2D eigenvalue weighted by molar-refractivity contribution is -0.122. The van der Waals surface area contributed by atoms with E-state index in [0.717, 1.165) is 11.3 Å². The third-order valence-electron chi connectivity index (χ3n) is 5.15. The number of nitrogens with zero attached hydrogens (tertiary/aromatic N) is 2. The molecule has 0 spiro atoms. The molecule has 1 aliphatic rings. The number of primary amides is 1. The van der Waals surface area contributed by atoms with Gasteiger partial charge in [0.2, 0.25) is 11.7 Å². The smallest absolute Gasteiger partial charge is 0.265 e. The van der Waals surface area contributed by atoms with Crippen LogP contribution in [0.3, 0.4) is 0 Å². The molecule has 0 aliphatic carbocycles. The summed E-state index contributed by atoms with van der Waals surface area (Å²) in [7, 11) is 0. The van der Waals surface area contributed by atoms with Crippen LogP contribution in [-0.4, -0.2) is 28.1 Å². The number of carbonyl (C=O) groups is 2. The Bertz CT molecular complexity index is 1310. The van der Waals surface area contributed by atoms with Crippen molar-refractivity contribution in [2.24, 2.45) is 5.73 Å². The van der Waals surface area contributed by atoms with Crippen molar-refractivity contribution in [1.29, 1.82) is 0 Å². The molecule has 0 radical (unpaired) electrons. The predicted octanol–water partition coefficient (Wildman–Crippen LogP) is 3.44. The summed E-state index contributed by atoms with van der Waals surface area (Å²) in [6.07, 6.45) is -0.0531. The van der Waals surface area contributed by atoms with Crippen molar-refractivity contribution < 1.29 is 18.8 Å². The van der Waals surface area contributed by atoms with Gasteiger partial charge in [0.1, 0.15) is 5.75 Å². The largest absolute Gasteiger partial charge is 0.480 e. The number of hydrogen-bond donors (Lipinski definition) is 2. The highest BCUT2D eigenvalue weighted by molar-refractivity contribution is 5.95. The van der Waals surface area contributed by atoms with Crippen LogP contribution in [0.4, 0.5) is 5.69 Å². The fraction of sp³-hybridized carbons (Fsp3) is 0.0833. The Balaban J connectivity index is 1.32. The van der Waals surface area contributed by atoms with E-state index in [1.54, 1.807) is 48.5 Å². The molecule has 8 heteroatoms. The first-order chi connectivity index (χ1) is 15.6. The molecule has 5 rings (SSSR count). The Morgan fingerprint density at radius 3 is 2.62 bits per heavy atom. The molecular formula is C24H18N4O4. The van der Waals surface area contributed by atoms with E-state index in [2.05, 4.69) is 15.5 Å². The first kappa shape index (κ1) is 19.5.